The van der Waals surface area contributed by atoms with E-state index >= 15 is 0 Å². The summed E-state index contributed by atoms with van der Waals surface area (Å²) in [6.07, 6.45) is 3.16. The van der Waals surface area contributed by atoms with E-state index < -0.39 is 0 Å². The number of carbonyl (C=O) groups is 2. The maximum atomic E-state index is 12.0. The Kier molecular flexibility index (Phi) is 5.95. The van der Waals surface area contributed by atoms with Crippen molar-refractivity contribution >= 4 is 17.5 Å². The van der Waals surface area contributed by atoms with Gasteiger partial charge in [0.25, 0.3) is 0 Å². The van der Waals surface area contributed by atoms with Crippen molar-refractivity contribution in [3.63, 3.8) is 0 Å². The SMILES string of the molecule is CC(C)C(=O)Nc1ccc(CNC(=O)[C@@H]2CCCCN2)cc1. The first-order valence-corrected chi connectivity index (χ1v) is 7.97. The number of carbonyl (C=O) groups excluding carboxylic acids is 2. The van der Waals surface area contributed by atoms with Crippen LogP contribution in [0, 0.1) is 5.92 Å². The van der Waals surface area contributed by atoms with Crippen LogP contribution in [0.2, 0.25) is 0 Å². The lowest BCUT2D eigenvalue weighted by Crippen LogP contribution is -2.46. The number of hydrogen-bond donors (Lipinski definition) is 3. The number of benzene rings is 1. The Bertz CT molecular complexity index is 505. The average Bonchev–Trinajstić information content (AvgIpc) is 2.54. The van der Waals surface area contributed by atoms with Gasteiger partial charge in [0.15, 0.2) is 0 Å². The van der Waals surface area contributed by atoms with Crippen molar-refractivity contribution in [3.8, 4) is 0 Å². The van der Waals surface area contributed by atoms with E-state index in [4.69, 9.17) is 0 Å². The molecule has 2 rings (SSSR count). The molecule has 1 fully saturated rings. The summed E-state index contributed by atoms with van der Waals surface area (Å²) in [5.41, 5.74) is 1.80. The van der Waals surface area contributed by atoms with Crippen LogP contribution in [0.25, 0.3) is 0 Å². The Morgan fingerprint density at radius 3 is 2.55 bits per heavy atom. The second kappa shape index (κ2) is 7.94. The zero-order valence-corrected chi connectivity index (χ0v) is 13.3. The topological polar surface area (TPSA) is 70.2 Å². The molecule has 5 nitrogen and oxygen atoms in total. The lowest BCUT2D eigenvalue weighted by atomic mass is 10.0. The maximum absolute atomic E-state index is 12.0. The fraction of sp³-hybridized carbons (Fsp3) is 0.529. The van der Waals surface area contributed by atoms with Gasteiger partial charge in [0.1, 0.15) is 0 Å². The highest BCUT2D eigenvalue weighted by atomic mass is 16.2. The van der Waals surface area contributed by atoms with E-state index in [1.54, 1.807) is 0 Å². The largest absolute Gasteiger partial charge is 0.351 e. The summed E-state index contributed by atoms with van der Waals surface area (Å²) in [6, 6.07) is 7.51. The molecule has 0 unspecified atom stereocenters. The van der Waals surface area contributed by atoms with Gasteiger partial charge in [0, 0.05) is 18.2 Å². The number of hydrogen-bond acceptors (Lipinski definition) is 3. The van der Waals surface area contributed by atoms with Crippen molar-refractivity contribution in [3.05, 3.63) is 29.8 Å². The van der Waals surface area contributed by atoms with Gasteiger partial charge in [0.05, 0.1) is 6.04 Å². The molecule has 1 heterocycles. The summed E-state index contributed by atoms with van der Waals surface area (Å²) >= 11 is 0. The van der Waals surface area contributed by atoms with E-state index in [1.165, 1.54) is 0 Å². The third kappa shape index (κ3) is 4.84. The first kappa shape index (κ1) is 16.5. The predicted octanol–water partition coefficient (Wildman–Crippen LogP) is 2.04. The van der Waals surface area contributed by atoms with E-state index in [1.807, 2.05) is 38.1 Å². The Morgan fingerprint density at radius 2 is 1.95 bits per heavy atom. The fourth-order valence-corrected chi connectivity index (χ4v) is 2.38. The third-order valence-corrected chi connectivity index (χ3v) is 3.84. The molecule has 0 saturated carbocycles. The fourth-order valence-electron chi connectivity index (χ4n) is 2.38. The molecular formula is C17H25N3O2. The Balaban J connectivity index is 1.81. The van der Waals surface area contributed by atoms with E-state index in [0.29, 0.717) is 6.54 Å². The highest BCUT2D eigenvalue weighted by molar-refractivity contribution is 5.92. The molecule has 1 atom stereocenters. The number of nitrogens with one attached hydrogen (secondary N) is 3. The molecule has 2 amide bonds. The molecule has 1 saturated heterocycles. The van der Waals surface area contributed by atoms with E-state index in [-0.39, 0.29) is 23.8 Å². The van der Waals surface area contributed by atoms with Gasteiger partial charge in [-0.3, -0.25) is 9.59 Å². The molecule has 120 valence electrons. The summed E-state index contributed by atoms with van der Waals surface area (Å²) in [5, 5.41) is 9.04. The highest BCUT2D eigenvalue weighted by Gasteiger charge is 2.19. The molecule has 0 spiro atoms. The molecule has 0 aromatic heterocycles. The van der Waals surface area contributed by atoms with Crippen LogP contribution in [-0.2, 0) is 16.1 Å². The summed E-state index contributed by atoms with van der Waals surface area (Å²) in [5.74, 6) is 0.0308. The van der Waals surface area contributed by atoms with Crippen LogP contribution in [-0.4, -0.2) is 24.4 Å². The molecule has 22 heavy (non-hydrogen) atoms. The second-order valence-corrected chi connectivity index (χ2v) is 6.06. The third-order valence-electron chi connectivity index (χ3n) is 3.84. The minimum atomic E-state index is -0.0571. The van der Waals surface area contributed by atoms with Crippen molar-refractivity contribution in [2.45, 2.75) is 45.7 Å². The van der Waals surface area contributed by atoms with Crippen molar-refractivity contribution in [1.82, 2.24) is 10.6 Å². The normalized spacial score (nSPS) is 18.0. The Hall–Kier alpha value is -1.88. The van der Waals surface area contributed by atoms with Gasteiger partial charge < -0.3 is 16.0 Å². The van der Waals surface area contributed by atoms with Crippen LogP contribution in [0.4, 0.5) is 5.69 Å². The summed E-state index contributed by atoms with van der Waals surface area (Å²) in [4.78, 5) is 23.6. The van der Waals surface area contributed by atoms with Crippen LogP contribution < -0.4 is 16.0 Å². The molecule has 0 aliphatic carbocycles. The smallest absolute Gasteiger partial charge is 0.237 e. The van der Waals surface area contributed by atoms with E-state index in [9.17, 15) is 9.59 Å². The summed E-state index contributed by atoms with van der Waals surface area (Å²) < 4.78 is 0. The second-order valence-electron chi connectivity index (χ2n) is 6.06. The summed E-state index contributed by atoms with van der Waals surface area (Å²) in [7, 11) is 0. The van der Waals surface area contributed by atoms with Gasteiger partial charge in [-0.05, 0) is 37.1 Å². The minimum Gasteiger partial charge on any atom is -0.351 e. The summed E-state index contributed by atoms with van der Waals surface area (Å²) in [6.45, 7) is 5.15. The minimum absolute atomic E-state index is 0.00410. The van der Waals surface area contributed by atoms with Gasteiger partial charge in [-0.1, -0.05) is 32.4 Å². The first-order valence-electron chi connectivity index (χ1n) is 7.97. The van der Waals surface area contributed by atoms with Gasteiger partial charge >= 0.3 is 0 Å². The van der Waals surface area contributed by atoms with Crippen LogP contribution in [0.5, 0.6) is 0 Å². The van der Waals surface area contributed by atoms with Crippen LogP contribution in [0.3, 0.4) is 0 Å². The zero-order chi connectivity index (χ0) is 15.9. The maximum Gasteiger partial charge on any atom is 0.237 e. The van der Waals surface area contributed by atoms with Crippen LogP contribution in [0.1, 0.15) is 38.7 Å². The molecule has 1 aromatic carbocycles. The standard InChI is InChI=1S/C17H25N3O2/c1-12(2)16(21)20-14-8-6-13(7-9-14)11-19-17(22)15-5-3-4-10-18-15/h6-9,12,15,18H,3-5,10-11H2,1-2H3,(H,19,22)(H,20,21)/t15-/m0/s1. The molecule has 1 aliphatic heterocycles. The van der Waals surface area contributed by atoms with Crippen molar-refractivity contribution in [2.24, 2.45) is 5.92 Å². The van der Waals surface area contributed by atoms with Gasteiger partial charge in [-0.25, -0.2) is 0 Å². The molecular weight excluding hydrogens is 278 g/mol. The van der Waals surface area contributed by atoms with Crippen LogP contribution >= 0.6 is 0 Å². The van der Waals surface area contributed by atoms with Gasteiger partial charge in [-0.2, -0.15) is 0 Å². The first-order chi connectivity index (χ1) is 10.6. The molecule has 0 bridgehead atoms. The number of rotatable bonds is 5. The average molecular weight is 303 g/mol. The quantitative estimate of drug-likeness (QED) is 0.779. The molecule has 3 N–H and O–H groups in total. The van der Waals surface area contributed by atoms with Crippen molar-refractivity contribution in [1.29, 1.82) is 0 Å². The molecule has 1 aliphatic rings. The molecule has 0 radical (unpaired) electrons. The van der Waals surface area contributed by atoms with Crippen molar-refractivity contribution in [2.75, 3.05) is 11.9 Å². The highest BCUT2D eigenvalue weighted by Crippen LogP contribution is 2.11. The predicted molar refractivity (Wildman–Crippen MR) is 87.4 cm³/mol. The van der Waals surface area contributed by atoms with Crippen molar-refractivity contribution < 1.29 is 9.59 Å². The van der Waals surface area contributed by atoms with Crippen LogP contribution in [0.15, 0.2) is 24.3 Å². The number of amides is 2. The van der Waals surface area contributed by atoms with E-state index in [0.717, 1.165) is 37.1 Å². The lowest BCUT2D eigenvalue weighted by Gasteiger charge is -2.22. The Labute approximate surface area is 131 Å². The molecule has 5 heteroatoms. The van der Waals surface area contributed by atoms with Gasteiger partial charge in [-0.15, -0.1) is 0 Å². The monoisotopic (exact) mass is 303 g/mol. The lowest BCUT2D eigenvalue weighted by molar-refractivity contribution is -0.123. The number of piperidine rings is 1. The number of anilines is 1. The molecule has 1 aromatic rings. The zero-order valence-electron chi connectivity index (χ0n) is 13.3. The van der Waals surface area contributed by atoms with E-state index in [2.05, 4.69) is 16.0 Å². The Morgan fingerprint density at radius 1 is 1.23 bits per heavy atom. The van der Waals surface area contributed by atoms with Gasteiger partial charge in [0.2, 0.25) is 11.8 Å².